The normalized spacial score (nSPS) is 14.5. The Hall–Kier alpha value is -3.35. The lowest BCUT2D eigenvalue weighted by Gasteiger charge is -2.06. The highest BCUT2D eigenvalue weighted by Gasteiger charge is 2.25. The van der Waals surface area contributed by atoms with Crippen molar-refractivity contribution >= 4 is 28.9 Å². The summed E-state index contributed by atoms with van der Waals surface area (Å²) in [6.07, 6.45) is 1.52. The number of nitrogens with one attached hydrogen (secondary N) is 1. The van der Waals surface area contributed by atoms with E-state index in [1.165, 1.54) is 25.3 Å². The van der Waals surface area contributed by atoms with Gasteiger partial charge in [-0.1, -0.05) is 18.2 Å². The number of nitro groups is 1. The van der Waals surface area contributed by atoms with Crippen LogP contribution in [0.5, 0.6) is 11.5 Å². The van der Waals surface area contributed by atoms with E-state index in [1.807, 2.05) is 0 Å². The first-order chi connectivity index (χ1) is 11.0. The van der Waals surface area contributed by atoms with Crippen molar-refractivity contribution in [1.82, 2.24) is 0 Å². The molecule has 0 saturated carbocycles. The SMILES string of the molecule is COc1cc(C=C2C(=O)Nc3ccccc32)cc([N+](=O)[O-])c1O. The molecule has 116 valence electrons. The molecule has 0 fully saturated rings. The minimum absolute atomic E-state index is 0.0299. The van der Waals surface area contributed by atoms with Gasteiger partial charge in [0.1, 0.15) is 0 Å². The van der Waals surface area contributed by atoms with E-state index in [0.29, 0.717) is 22.4 Å². The third kappa shape index (κ3) is 2.48. The second-order valence-electron chi connectivity index (χ2n) is 4.91. The number of anilines is 1. The van der Waals surface area contributed by atoms with Gasteiger partial charge in [0.2, 0.25) is 5.75 Å². The van der Waals surface area contributed by atoms with Crippen molar-refractivity contribution in [3.8, 4) is 11.5 Å². The number of amides is 1. The number of nitrogens with zero attached hydrogens (tertiary/aromatic N) is 1. The van der Waals surface area contributed by atoms with Crippen LogP contribution in [-0.2, 0) is 4.79 Å². The van der Waals surface area contributed by atoms with Gasteiger partial charge in [-0.05, 0) is 23.8 Å². The number of carbonyl (C=O) groups excluding carboxylic acids is 1. The second kappa shape index (κ2) is 5.45. The molecule has 0 aromatic heterocycles. The van der Waals surface area contributed by atoms with Gasteiger partial charge in [0.25, 0.3) is 5.91 Å². The van der Waals surface area contributed by atoms with Gasteiger partial charge in [0.15, 0.2) is 5.75 Å². The number of phenolic OH excluding ortho intramolecular Hbond substituents is 1. The third-order valence-corrected chi connectivity index (χ3v) is 3.51. The Morgan fingerprint density at radius 2 is 2.04 bits per heavy atom. The minimum Gasteiger partial charge on any atom is -0.500 e. The van der Waals surface area contributed by atoms with Gasteiger partial charge in [0.05, 0.1) is 12.0 Å². The van der Waals surface area contributed by atoms with Crippen LogP contribution in [0.3, 0.4) is 0 Å². The predicted octanol–water partition coefficient (Wildman–Crippen LogP) is 2.80. The molecule has 1 amide bonds. The average Bonchev–Trinajstić information content (AvgIpc) is 2.84. The Bertz CT molecular complexity index is 858. The number of benzene rings is 2. The molecule has 0 bridgehead atoms. The van der Waals surface area contributed by atoms with E-state index in [-0.39, 0.29) is 11.7 Å². The van der Waals surface area contributed by atoms with Crippen molar-refractivity contribution in [2.45, 2.75) is 0 Å². The zero-order chi connectivity index (χ0) is 16.6. The number of nitro benzene ring substituents is 1. The van der Waals surface area contributed by atoms with Crippen LogP contribution in [0.2, 0.25) is 0 Å². The standard InChI is InChI=1S/C16H12N2O5/c1-23-14-8-9(7-13(15(14)19)18(21)22)6-11-10-4-2-3-5-12(10)17-16(11)20/h2-8,19H,1H3,(H,17,20). The molecule has 0 saturated heterocycles. The van der Waals surface area contributed by atoms with Crippen molar-refractivity contribution in [3.05, 3.63) is 57.6 Å². The molecule has 2 aromatic rings. The molecular formula is C16H12N2O5. The molecule has 2 aromatic carbocycles. The van der Waals surface area contributed by atoms with E-state index in [4.69, 9.17) is 4.74 Å². The topological polar surface area (TPSA) is 102 Å². The van der Waals surface area contributed by atoms with Crippen molar-refractivity contribution < 1.29 is 19.6 Å². The molecule has 1 aliphatic heterocycles. The number of phenols is 1. The molecule has 1 heterocycles. The number of fused-ring (bicyclic) bond motifs is 1. The number of rotatable bonds is 3. The fraction of sp³-hybridized carbons (Fsp3) is 0.0625. The van der Waals surface area contributed by atoms with E-state index in [9.17, 15) is 20.0 Å². The van der Waals surface area contributed by atoms with Gasteiger partial charge < -0.3 is 15.2 Å². The van der Waals surface area contributed by atoms with Crippen LogP contribution in [0, 0.1) is 10.1 Å². The number of para-hydroxylation sites is 1. The first-order valence-corrected chi connectivity index (χ1v) is 6.69. The van der Waals surface area contributed by atoms with Gasteiger partial charge >= 0.3 is 5.69 Å². The number of methoxy groups -OCH3 is 1. The molecule has 7 nitrogen and oxygen atoms in total. The summed E-state index contributed by atoms with van der Waals surface area (Å²) in [5.41, 5.74) is 1.69. The summed E-state index contributed by atoms with van der Waals surface area (Å²) in [5.74, 6) is -0.866. The Labute approximate surface area is 131 Å². The molecule has 0 unspecified atom stereocenters. The molecule has 0 spiro atoms. The monoisotopic (exact) mass is 312 g/mol. The summed E-state index contributed by atoms with van der Waals surface area (Å²) in [6, 6.07) is 9.78. The highest BCUT2D eigenvalue weighted by molar-refractivity contribution is 6.34. The molecule has 0 atom stereocenters. The Kier molecular flexibility index (Phi) is 3.46. The van der Waals surface area contributed by atoms with Crippen LogP contribution in [0.15, 0.2) is 36.4 Å². The highest BCUT2D eigenvalue weighted by Crippen LogP contribution is 2.39. The van der Waals surface area contributed by atoms with E-state index in [0.717, 1.165) is 0 Å². The van der Waals surface area contributed by atoms with Crippen LogP contribution in [-0.4, -0.2) is 23.0 Å². The van der Waals surface area contributed by atoms with Crippen LogP contribution >= 0.6 is 0 Å². The fourth-order valence-electron chi connectivity index (χ4n) is 2.44. The maximum atomic E-state index is 12.1. The van der Waals surface area contributed by atoms with Gasteiger partial charge in [0, 0.05) is 22.9 Å². The van der Waals surface area contributed by atoms with Crippen LogP contribution in [0.4, 0.5) is 11.4 Å². The molecule has 23 heavy (non-hydrogen) atoms. The van der Waals surface area contributed by atoms with E-state index in [1.54, 1.807) is 24.3 Å². The molecule has 7 heteroatoms. The second-order valence-corrected chi connectivity index (χ2v) is 4.91. The summed E-state index contributed by atoms with van der Waals surface area (Å²) in [6.45, 7) is 0. The first-order valence-electron chi connectivity index (χ1n) is 6.69. The number of ether oxygens (including phenoxy) is 1. The molecular weight excluding hydrogens is 300 g/mol. The molecule has 3 rings (SSSR count). The zero-order valence-electron chi connectivity index (χ0n) is 12.1. The maximum Gasteiger partial charge on any atom is 0.315 e. The van der Waals surface area contributed by atoms with Crippen LogP contribution in [0.1, 0.15) is 11.1 Å². The summed E-state index contributed by atoms with van der Waals surface area (Å²) in [4.78, 5) is 22.4. The van der Waals surface area contributed by atoms with Crippen molar-refractivity contribution in [3.63, 3.8) is 0 Å². The summed E-state index contributed by atoms with van der Waals surface area (Å²) >= 11 is 0. The number of aromatic hydroxyl groups is 1. The zero-order valence-corrected chi connectivity index (χ0v) is 12.1. The Morgan fingerprint density at radius 1 is 1.30 bits per heavy atom. The van der Waals surface area contributed by atoms with E-state index in [2.05, 4.69) is 5.32 Å². The molecule has 1 aliphatic rings. The smallest absolute Gasteiger partial charge is 0.315 e. The lowest BCUT2D eigenvalue weighted by Crippen LogP contribution is -2.03. The Balaban J connectivity index is 2.15. The largest absolute Gasteiger partial charge is 0.500 e. The molecule has 0 aliphatic carbocycles. The third-order valence-electron chi connectivity index (χ3n) is 3.51. The summed E-state index contributed by atoms with van der Waals surface area (Å²) < 4.78 is 4.95. The van der Waals surface area contributed by atoms with Gasteiger partial charge in [-0.3, -0.25) is 14.9 Å². The van der Waals surface area contributed by atoms with Crippen molar-refractivity contribution in [2.24, 2.45) is 0 Å². The highest BCUT2D eigenvalue weighted by atomic mass is 16.6. The summed E-state index contributed by atoms with van der Waals surface area (Å²) in [7, 11) is 1.30. The van der Waals surface area contributed by atoms with Crippen molar-refractivity contribution in [2.75, 3.05) is 12.4 Å². The number of hydrogen-bond acceptors (Lipinski definition) is 5. The number of hydrogen-bond donors (Lipinski definition) is 2. The minimum atomic E-state index is -0.706. The average molecular weight is 312 g/mol. The van der Waals surface area contributed by atoms with E-state index < -0.39 is 16.4 Å². The quantitative estimate of drug-likeness (QED) is 0.515. The van der Waals surface area contributed by atoms with Gasteiger partial charge in [-0.2, -0.15) is 0 Å². The molecule has 2 N–H and O–H groups in total. The van der Waals surface area contributed by atoms with E-state index >= 15 is 0 Å². The fourth-order valence-corrected chi connectivity index (χ4v) is 2.44. The van der Waals surface area contributed by atoms with Gasteiger partial charge in [-0.25, -0.2) is 0 Å². The lowest BCUT2D eigenvalue weighted by molar-refractivity contribution is -0.386. The van der Waals surface area contributed by atoms with Crippen molar-refractivity contribution in [1.29, 1.82) is 0 Å². The first kappa shape index (κ1) is 14.6. The van der Waals surface area contributed by atoms with Crippen LogP contribution in [0.25, 0.3) is 11.6 Å². The summed E-state index contributed by atoms with van der Waals surface area (Å²) in [5, 5.41) is 23.5. The van der Waals surface area contributed by atoms with Crippen LogP contribution < -0.4 is 10.1 Å². The molecule has 0 radical (unpaired) electrons. The number of carbonyl (C=O) groups is 1. The van der Waals surface area contributed by atoms with Gasteiger partial charge in [-0.15, -0.1) is 0 Å². The Morgan fingerprint density at radius 3 is 2.74 bits per heavy atom. The maximum absolute atomic E-state index is 12.1. The predicted molar refractivity (Wildman–Crippen MR) is 84.3 cm³/mol. The lowest BCUT2D eigenvalue weighted by atomic mass is 10.0.